The molecule has 5 nitrogen and oxygen atoms in total. The molecule has 0 saturated carbocycles. The predicted molar refractivity (Wildman–Crippen MR) is 73.0 cm³/mol. The summed E-state index contributed by atoms with van der Waals surface area (Å²) in [7, 11) is 4.54. The van der Waals surface area contributed by atoms with Gasteiger partial charge >= 0.3 is 6.09 Å². The van der Waals surface area contributed by atoms with Crippen molar-refractivity contribution < 1.29 is 19.0 Å². The number of amides is 1. The Bertz CT molecular complexity index is 443. The molecule has 0 spiro atoms. The molecule has 0 aromatic heterocycles. The van der Waals surface area contributed by atoms with Gasteiger partial charge in [0.1, 0.15) is 0 Å². The molecule has 0 heterocycles. The highest BCUT2D eigenvalue weighted by Crippen LogP contribution is 2.32. The highest BCUT2D eigenvalue weighted by Gasteiger charge is 2.23. The first-order chi connectivity index (χ1) is 8.94. The first-order valence-corrected chi connectivity index (χ1v) is 5.99. The van der Waals surface area contributed by atoms with Crippen molar-refractivity contribution in [3.05, 3.63) is 23.8 Å². The fourth-order valence-electron chi connectivity index (χ4n) is 1.72. The van der Waals surface area contributed by atoms with E-state index in [4.69, 9.17) is 9.47 Å². The van der Waals surface area contributed by atoms with Gasteiger partial charge in [-0.2, -0.15) is 0 Å². The van der Waals surface area contributed by atoms with Gasteiger partial charge in [-0.3, -0.25) is 0 Å². The molecular weight excluding hydrogens is 246 g/mol. The van der Waals surface area contributed by atoms with E-state index < -0.39 is 6.09 Å². The molecule has 1 N–H and O–H groups in total. The Morgan fingerprint density at radius 1 is 1.16 bits per heavy atom. The molecule has 0 fully saturated rings. The molecule has 0 radical (unpaired) electrons. The van der Waals surface area contributed by atoms with Crippen LogP contribution < -0.4 is 14.8 Å². The van der Waals surface area contributed by atoms with Crippen LogP contribution in [0, 0.1) is 0 Å². The van der Waals surface area contributed by atoms with Crippen LogP contribution in [0.1, 0.15) is 19.4 Å². The maximum Gasteiger partial charge on any atom is 0.406 e. The molecule has 0 bridgehead atoms. The van der Waals surface area contributed by atoms with Crippen molar-refractivity contribution >= 4 is 6.09 Å². The number of methoxy groups -OCH3 is 3. The first kappa shape index (κ1) is 15.1. The minimum Gasteiger partial charge on any atom is -0.493 e. The molecule has 0 aliphatic carbocycles. The Labute approximate surface area is 113 Å². The Morgan fingerprint density at radius 2 is 1.79 bits per heavy atom. The summed E-state index contributed by atoms with van der Waals surface area (Å²) >= 11 is 0. The minimum atomic E-state index is -0.437. The number of ether oxygens (including phenoxy) is 3. The van der Waals surface area contributed by atoms with E-state index in [1.165, 1.54) is 7.11 Å². The van der Waals surface area contributed by atoms with Crippen molar-refractivity contribution in [3.8, 4) is 11.5 Å². The van der Waals surface area contributed by atoms with E-state index in [1.54, 1.807) is 14.2 Å². The fourth-order valence-corrected chi connectivity index (χ4v) is 1.72. The van der Waals surface area contributed by atoms with Gasteiger partial charge in [0.05, 0.1) is 21.3 Å². The van der Waals surface area contributed by atoms with Gasteiger partial charge in [0, 0.05) is 12.0 Å². The van der Waals surface area contributed by atoms with Crippen molar-refractivity contribution in [1.82, 2.24) is 5.32 Å². The predicted octanol–water partition coefficient (Wildman–Crippen LogP) is 2.34. The monoisotopic (exact) mass is 267 g/mol. The number of benzene rings is 1. The zero-order valence-electron chi connectivity index (χ0n) is 12.1. The summed E-state index contributed by atoms with van der Waals surface area (Å²) in [6.45, 7) is 4.53. The van der Waals surface area contributed by atoms with Crippen LogP contribution in [-0.2, 0) is 10.2 Å². The van der Waals surface area contributed by atoms with Crippen LogP contribution in [-0.4, -0.2) is 34.0 Å². The highest BCUT2D eigenvalue weighted by atomic mass is 16.5. The summed E-state index contributed by atoms with van der Waals surface area (Å²) in [5, 5.41) is 2.70. The van der Waals surface area contributed by atoms with E-state index >= 15 is 0 Å². The lowest BCUT2D eigenvalue weighted by molar-refractivity contribution is 0.168. The van der Waals surface area contributed by atoms with Crippen molar-refractivity contribution in [1.29, 1.82) is 0 Å². The lowest BCUT2D eigenvalue weighted by Gasteiger charge is -2.26. The van der Waals surface area contributed by atoms with E-state index in [0.29, 0.717) is 18.0 Å². The van der Waals surface area contributed by atoms with Crippen LogP contribution >= 0.6 is 0 Å². The number of carbonyl (C=O) groups is 1. The third kappa shape index (κ3) is 3.77. The molecule has 1 amide bonds. The second-order valence-electron chi connectivity index (χ2n) is 4.80. The third-order valence-corrected chi connectivity index (χ3v) is 3.03. The number of nitrogens with one attached hydrogen (secondary N) is 1. The Balaban J connectivity index is 2.91. The SMILES string of the molecule is COC(=O)NCC(C)(C)c1ccc(OC)c(OC)c1. The number of hydrogen-bond donors (Lipinski definition) is 1. The second kappa shape index (κ2) is 6.31. The van der Waals surface area contributed by atoms with Gasteiger partial charge in [-0.1, -0.05) is 19.9 Å². The molecule has 1 aromatic rings. The normalized spacial score (nSPS) is 10.8. The van der Waals surface area contributed by atoms with Crippen LogP contribution in [0.25, 0.3) is 0 Å². The van der Waals surface area contributed by atoms with Crippen molar-refractivity contribution in [3.63, 3.8) is 0 Å². The van der Waals surface area contributed by atoms with Crippen LogP contribution in [0.5, 0.6) is 11.5 Å². The van der Waals surface area contributed by atoms with Crippen LogP contribution in [0.15, 0.2) is 18.2 Å². The van der Waals surface area contributed by atoms with Crippen LogP contribution in [0.3, 0.4) is 0 Å². The highest BCUT2D eigenvalue weighted by molar-refractivity contribution is 5.67. The number of rotatable bonds is 5. The van der Waals surface area contributed by atoms with Crippen LogP contribution in [0.4, 0.5) is 4.79 Å². The molecule has 5 heteroatoms. The molecule has 0 aliphatic heterocycles. The van der Waals surface area contributed by atoms with E-state index in [-0.39, 0.29) is 5.41 Å². The fraction of sp³-hybridized carbons (Fsp3) is 0.500. The molecule has 1 aromatic carbocycles. The van der Waals surface area contributed by atoms with E-state index in [1.807, 2.05) is 32.0 Å². The largest absolute Gasteiger partial charge is 0.493 e. The number of hydrogen-bond acceptors (Lipinski definition) is 4. The maximum absolute atomic E-state index is 11.1. The summed E-state index contributed by atoms with van der Waals surface area (Å²) in [4.78, 5) is 11.1. The Kier molecular flexibility index (Phi) is 5.03. The summed E-state index contributed by atoms with van der Waals surface area (Å²) in [6.07, 6.45) is -0.437. The molecule has 0 aliphatic rings. The molecular formula is C14H21NO4. The quantitative estimate of drug-likeness (QED) is 0.889. The summed E-state index contributed by atoms with van der Waals surface area (Å²) in [5.74, 6) is 1.36. The van der Waals surface area contributed by atoms with Gasteiger partial charge in [0.2, 0.25) is 0 Å². The first-order valence-electron chi connectivity index (χ1n) is 5.99. The smallest absolute Gasteiger partial charge is 0.406 e. The van der Waals surface area contributed by atoms with E-state index in [0.717, 1.165) is 5.56 Å². The molecule has 0 saturated heterocycles. The van der Waals surface area contributed by atoms with E-state index in [2.05, 4.69) is 10.1 Å². The molecule has 106 valence electrons. The summed E-state index contributed by atoms with van der Waals surface area (Å²) in [5.41, 5.74) is 0.801. The van der Waals surface area contributed by atoms with Gasteiger partial charge in [-0.05, 0) is 17.7 Å². The van der Waals surface area contributed by atoms with Gasteiger partial charge < -0.3 is 19.5 Å². The van der Waals surface area contributed by atoms with Crippen LogP contribution in [0.2, 0.25) is 0 Å². The van der Waals surface area contributed by atoms with Gasteiger partial charge in [0.25, 0.3) is 0 Å². The van der Waals surface area contributed by atoms with Crippen molar-refractivity contribution in [2.45, 2.75) is 19.3 Å². The Hall–Kier alpha value is -1.91. The summed E-state index contributed by atoms with van der Waals surface area (Å²) < 4.78 is 15.1. The lowest BCUT2D eigenvalue weighted by atomic mass is 9.84. The molecule has 0 atom stereocenters. The lowest BCUT2D eigenvalue weighted by Crippen LogP contribution is -2.36. The van der Waals surface area contributed by atoms with E-state index in [9.17, 15) is 4.79 Å². The molecule has 19 heavy (non-hydrogen) atoms. The number of carbonyl (C=O) groups excluding carboxylic acids is 1. The standard InChI is InChI=1S/C14H21NO4/c1-14(2,9-15-13(16)19-5)10-6-7-11(17-3)12(8-10)18-4/h6-8H,9H2,1-5H3,(H,15,16). The average Bonchev–Trinajstić information content (AvgIpc) is 2.43. The summed E-state index contributed by atoms with van der Waals surface area (Å²) in [6, 6.07) is 5.73. The average molecular weight is 267 g/mol. The van der Waals surface area contributed by atoms with Gasteiger partial charge in [-0.15, -0.1) is 0 Å². The zero-order chi connectivity index (χ0) is 14.5. The van der Waals surface area contributed by atoms with Crippen molar-refractivity contribution in [2.24, 2.45) is 0 Å². The molecule has 1 rings (SSSR count). The van der Waals surface area contributed by atoms with Gasteiger partial charge in [-0.25, -0.2) is 4.79 Å². The topological polar surface area (TPSA) is 56.8 Å². The second-order valence-corrected chi connectivity index (χ2v) is 4.80. The Morgan fingerprint density at radius 3 is 2.32 bits per heavy atom. The van der Waals surface area contributed by atoms with Gasteiger partial charge in [0.15, 0.2) is 11.5 Å². The third-order valence-electron chi connectivity index (χ3n) is 3.03. The number of alkyl carbamates (subject to hydrolysis) is 1. The zero-order valence-corrected chi connectivity index (χ0v) is 12.1. The maximum atomic E-state index is 11.1. The minimum absolute atomic E-state index is 0.242. The van der Waals surface area contributed by atoms with Crippen molar-refractivity contribution in [2.75, 3.05) is 27.9 Å². The molecule has 0 unspecified atom stereocenters.